The molecule has 0 radical (unpaired) electrons. The average Bonchev–Trinajstić information content (AvgIpc) is 3.36. The van der Waals surface area contributed by atoms with Crippen LogP contribution in [0.1, 0.15) is 57.4 Å². The van der Waals surface area contributed by atoms with Crippen LogP contribution in [0.3, 0.4) is 0 Å². The molecule has 0 amide bonds. The summed E-state index contributed by atoms with van der Waals surface area (Å²) in [5, 5.41) is 3.79. The Morgan fingerprint density at radius 3 is 2.37 bits per heavy atom. The van der Waals surface area contributed by atoms with Crippen molar-refractivity contribution in [2.45, 2.75) is 57.9 Å². The molecule has 1 heteroatoms. The number of benzene rings is 1. The van der Waals surface area contributed by atoms with Gasteiger partial charge in [-0.15, -0.1) is 0 Å². The molecule has 104 valence electrons. The molecule has 3 rings (SSSR count). The highest BCUT2D eigenvalue weighted by molar-refractivity contribution is 5.27. The van der Waals surface area contributed by atoms with Gasteiger partial charge >= 0.3 is 0 Å². The van der Waals surface area contributed by atoms with Gasteiger partial charge in [0.1, 0.15) is 0 Å². The van der Waals surface area contributed by atoms with Crippen molar-refractivity contribution in [3.63, 3.8) is 0 Å². The highest BCUT2D eigenvalue weighted by atomic mass is 15.0. The molecule has 2 atom stereocenters. The standard InChI is InChI=1S/C18H27N/c1-3-18(4-2,13-19-15-10-11-15)17-12-16(17)14-8-6-5-7-9-14/h5-9,15-17,19H,3-4,10-13H2,1-2H3. The number of nitrogens with one attached hydrogen (secondary N) is 1. The summed E-state index contributed by atoms with van der Waals surface area (Å²) in [5.74, 6) is 1.72. The second-order valence-corrected chi connectivity index (χ2v) is 6.58. The van der Waals surface area contributed by atoms with E-state index in [1.54, 1.807) is 5.56 Å². The van der Waals surface area contributed by atoms with Gasteiger partial charge in [0.25, 0.3) is 0 Å². The second-order valence-electron chi connectivity index (χ2n) is 6.58. The molecule has 0 aromatic heterocycles. The van der Waals surface area contributed by atoms with E-state index < -0.39 is 0 Å². The fourth-order valence-electron chi connectivity index (χ4n) is 3.73. The van der Waals surface area contributed by atoms with Crippen molar-refractivity contribution in [3.8, 4) is 0 Å². The van der Waals surface area contributed by atoms with Crippen LogP contribution in [0, 0.1) is 11.3 Å². The fraction of sp³-hybridized carbons (Fsp3) is 0.667. The van der Waals surface area contributed by atoms with Crippen LogP contribution in [0.25, 0.3) is 0 Å². The summed E-state index contributed by atoms with van der Waals surface area (Å²) in [4.78, 5) is 0. The van der Waals surface area contributed by atoms with Crippen LogP contribution in [0.5, 0.6) is 0 Å². The molecule has 1 aromatic rings. The maximum absolute atomic E-state index is 3.79. The van der Waals surface area contributed by atoms with Crippen molar-refractivity contribution in [1.82, 2.24) is 5.32 Å². The third-order valence-electron chi connectivity index (χ3n) is 5.53. The Bertz CT molecular complexity index is 403. The van der Waals surface area contributed by atoms with Crippen molar-refractivity contribution >= 4 is 0 Å². The van der Waals surface area contributed by atoms with Gasteiger partial charge in [-0.25, -0.2) is 0 Å². The monoisotopic (exact) mass is 257 g/mol. The quantitative estimate of drug-likeness (QED) is 0.766. The Hall–Kier alpha value is -0.820. The lowest BCUT2D eigenvalue weighted by atomic mass is 9.76. The van der Waals surface area contributed by atoms with Crippen LogP contribution < -0.4 is 5.32 Å². The normalized spacial score (nSPS) is 26.4. The van der Waals surface area contributed by atoms with E-state index in [4.69, 9.17) is 0 Å². The first-order chi connectivity index (χ1) is 9.29. The van der Waals surface area contributed by atoms with E-state index in [9.17, 15) is 0 Å². The molecule has 2 aliphatic carbocycles. The van der Waals surface area contributed by atoms with E-state index in [0.29, 0.717) is 5.41 Å². The summed E-state index contributed by atoms with van der Waals surface area (Å²) in [7, 11) is 0. The Morgan fingerprint density at radius 2 is 1.79 bits per heavy atom. The highest BCUT2D eigenvalue weighted by Gasteiger charge is 2.51. The molecule has 0 saturated heterocycles. The minimum Gasteiger partial charge on any atom is -0.313 e. The minimum absolute atomic E-state index is 0.531. The molecule has 2 aliphatic rings. The summed E-state index contributed by atoms with van der Waals surface area (Å²) in [6, 6.07) is 12.0. The lowest BCUT2D eigenvalue weighted by molar-refractivity contribution is 0.202. The first-order valence-electron chi connectivity index (χ1n) is 8.07. The Balaban J connectivity index is 1.67. The van der Waals surface area contributed by atoms with E-state index in [2.05, 4.69) is 49.5 Å². The van der Waals surface area contributed by atoms with Crippen molar-refractivity contribution in [3.05, 3.63) is 35.9 Å². The summed E-state index contributed by atoms with van der Waals surface area (Å²) >= 11 is 0. The van der Waals surface area contributed by atoms with Gasteiger partial charge in [-0.3, -0.25) is 0 Å². The smallest absolute Gasteiger partial charge is 0.00684 e. The van der Waals surface area contributed by atoms with Gasteiger partial charge in [0.05, 0.1) is 0 Å². The zero-order valence-corrected chi connectivity index (χ0v) is 12.4. The second kappa shape index (κ2) is 5.28. The van der Waals surface area contributed by atoms with E-state index in [-0.39, 0.29) is 0 Å². The molecule has 1 aromatic carbocycles. The zero-order chi connectivity index (χ0) is 13.3. The van der Waals surface area contributed by atoms with Crippen LogP contribution in [-0.2, 0) is 0 Å². The van der Waals surface area contributed by atoms with Crippen molar-refractivity contribution < 1.29 is 0 Å². The van der Waals surface area contributed by atoms with Gasteiger partial charge in [0, 0.05) is 12.6 Å². The molecule has 0 bridgehead atoms. The average molecular weight is 257 g/mol. The summed E-state index contributed by atoms with van der Waals surface area (Å²) < 4.78 is 0. The first kappa shape index (κ1) is 13.2. The Morgan fingerprint density at radius 1 is 1.11 bits per heavy atom. The van der Waals surface area contributed by atoms with Crippen LogP contribution >= 0.6 is 0 Å². The Kier molecular flexibility index (Phi) is 3.66. The maximum atomic E-state index is 3.79. The van der Waals surface area contributed by atoms with E-state index in [1.165, 1.54) is 38.6 Å². The third-order valence-corrected chi connectivity index (χ3v) is 5.53. The number of hydrogen-bond donors (Lipinski definition) is 1. The Labute approximate surface area is 117 Å². The van der Waals surface area contributed by atoms with Gasteiger partial charge in [-0.1, -0.05) is 44.2 Å². The minimum atomic E-state index is 0.531. The highest BCUT2D eigenvalue weighted by Crippen LogP contribution is 2.59. The van der Waals surface area contributed by atoms with Crippen molar-refractivity contribution in [1.29, 1.82) is 0 Å². The number of rotatable bonds is 7. The topological polar surface area (TPSA) is 12.0 Å². The number of hydrogen-bond acceptors (Lipinski definition) is 1. The van der Waals surface area contributed by atoms with Crippen LogP contribution in [0.15, 0.2) is 30.3 Å². The van der Waals surface area contributed by atoms with Gasteiger partial charge in [0.2, 0.25) is 0 Å². The summed E-state index contributed by atoms with van der Waals surface area (Å²) in [6.45, 7) is 6.01. The molecule has 1 N–H and O–H groups in total. The van der Waals surface area contributed by atoms with Gasteiger partial charge < -0.3 is 5.32 Å². The van der Waals surface area contributed by atoms with Gasteiger partial charge in [-0.2, -0.15) is 0 Å². The zero-order valence-electron chi connectivity index (χ0n) is 12.4. The predicted octanol–water partition coefficient (Wildman–Crippen LogP) is 4.35. The predicted molar refractivity (Wildman–Crippen MR) is 81.3 cm³/mol. The molecular weight excluding hydrogens is 230 g/mol. The van der Waals surface area contributed by atoms with E-state index in [0.717, 1.165) is 17.9 Å². The molecule has 2 unspecified atom stereocenters. The van der Waals surface area contributed by atoms with Crippen molar-refractivity contribution in [2.75, 3.05) is 6.54 Å². The van der Waals surface area contributed by atoms with E-state index >= 15 is 0 Å². The largest absolute Gasteiger partial charge is 0.313 e. The summed E-state index contributed by atoms with van der Waals surface area (Å²) in [6.07, 6.45) is 6.83. The van der Waals surface area contributed by atoms with Crippen molar-refractivity contribution in [2.24, 2.45) is 11.3 Å². The molecular formula is C18H27N. The molecule has 2 saturated carbocycles. The molecule has 1 nitrogen and oxygen atoms in total. The van der Waals surface area contributed by atoms with Crippen LogP contribution in [0.4, 0.5) is 0 Å². The van der Waals surface area contributed by atoms with E-state index in [1.807, 2.05) is 0 Å². The maximum Gasteiger partial charge on any atom is 0.00684 e. The van der Waals surface area contributed by atoms with Crippen LogP contribution in [-0.4, -0.2) is 12.6 Å². The SMILES string of the molecule is CCC(CC)(CNC1CC1)C1CC1c1ccccc1. The van der Waals surface area contributed by atoms with Gasteiger partial charge in [-0.05, 0) is 54.9 Å². The molecule has 0 spiro atoms. The lowest BCUT2D eigenvalue weighted by Gasteiger charge is -2.33. The lowest BCUT2D eigenvalue weighted by Crippen LogP contribution is -2.36. The first-order valence-corrected chi connectivity index (χ1v) is 8.07. The molecule has 0 heterocycles. The fourth-order valence-corrected chi connectivity index (χ4v) is 3.73. The summed E-state index contributed by atoms with van der Waals surface area (Å²) in [5.41, 5.74) is 2.09. The van der Waals surface area contributed by atoms with Gasteiger partial charge in [0.15, 0.2) is 0 Å². The molecule has 2 fully saturated rings. The third kappa shape index (κ3) is 2.72. The molecule has 0 aliphatic heterocycles. The molecule has 19 heavy (non-hydrogen) atoms. The van der Waals surface area contributed by atoms with Crippen LogP contribution in [0.2, 0.25) is 0 Å².